The molecule has 0 saturated carbocycles. The van der Waals surface area contributed by atoms with E-state index >= 15 is 0 Å². The molecular formula is C12H16N2O3. The van der Waals surface area contributed by atoms with Gasteiger partial charge in [0, 0.05) is 12.2 Å². The minimum atomic E-state index is -1.15. The molecule has 1 unspecified atom stereocenters. The van der Waals surface area contributed by atoms with Crippen LogP contribution in [0.15, 0.2) is 18.3 Å². The molecule has 0 aliphatic carbocycles. The van der Waals surface area contributed by atoms with Crippen LogP contribution in [0.25, 0.3) is 0 Å². The van der Waals surface area contributed by atoms with Gasteiger partial charge in [-0.05, 0) is 25.5 Å². The number of carboxylic acids is 1. The average molecular weight is 236 g/mol. The van der Waals surface area contributed by atoms with Gasteiger partial charge in [0.2, 0.25) is 0 Å². The van der Waals surface area contributed by atoms with E-state index in [1.54, 1.807) is 0 Å². The Kier molecular flexibility index (Phi) is 4.63. The zero-order valence-electron chi connectivity index (χ0n) is 9.93. The molecule has 5 heteroatoms. The van der Waals surface area contributed by atoms with E-state index in [9.17, 15) is 9.59 Å². The van der Waals surface area contributed by atoms with Crippen LogP contribution in [0.5, 0.6) is 0 Å². The van der Waals surface area contributed by atoms with Crippen LogP contribution >= 0.6 is 0 Å². The highest BCUT2D eigenvalue weighted by Gasteiger charge is 2.18. The number of hydrogen-bond acceptors (Lipinski definition) is 3. The fourth-order valence-electron chi connectivity index (χ4n) is 1.56. The molecule has 0 aromatic carbocycles. The third-order valence-corrected chi connectivity index (χ3v) is 2.35. The standard InChI is InChI=1S/C12H16N2O3/c1-3-5-8(2)14-11(15)10-9(12(16)17)6-4-7-13-10/h4,6-8H,3,5H2,1-2H3,(H,14,15)(H,16,17). The van der Waals surface area contributed by atoms with Crippen LogP contribution in [0.1, 0.15) is 47.5 Å². The number of rotatable bonds is 5. The molecule has 92 valence electrons. The highest BCUT2D eigenvalue weighted by atomic mass is 16.4. The number of aromatic nitrogens is 1. The van der Waals surface area contributed by atoms with Gasteiger partial charge in [0.05, 0.1) is 5.56 Å². The molecule has 0 aliphatic rings. The molecule has 1 heterocycles. The molecule has 0 spiro atoms. The lowest BCUT2D eigenvalue weighted by Crippen LogP contribution is -2.34. The number of pyridine rings is 1. The molecule has 1 amide bonds. The first kappa shape index (κ1) is 13.2. The second-order valence-corrected chi connectivity index (χ2v) is 3.87. The Morgan fingerprint density at radius 2 is 2.24 bits per heavy atom. The maximum absolute atomic E-state index is 11.8. The van der Waals surface area contributed by atoms with Crippen LogP contribution in [0.4, 0.5) is 0 Å². The van der Waals surface area contributed by atoms with Gasteiger partial charge >= 0.3 is 5.97 Å². The second-order valence-electron chi connectivity index (χ2n) is 3.87. The number of nitrogens with zero attached hydrogens (tertiary/aromatic N) is 1. The second kappa shape index (κ2) is 5.98. The molecule has 5 nitrogen and oxygen atoms in total. The van der Waals surface area contributed by atoms with Crippen LogP contribution < -0.4 is 5.32 Å². The van der Waals surface area contributed by atoms with Crippen molar-refractivity contribution in [2.75, 3.05) is 0 Å². The highest BCUT2D eigenvalue weighted by molar-refractivity contribution is 6.03. The molecule has 1 atom stereocenters. The normalized spacial score (nSPS) is 11.9. The molecule has 1 aromatic rings. The Labute approximate surface area is 99.9 Å². The van der Waals surface area contributed by atoms with Gasteiger partial charge in [-0.3, -0.25) is 9.78 Å². The van der Waals surface area contributed by atoms with Gasteiger partial charge in [0.15, 0.2) is 0 Å². The van der Waals surface area contributed by atoms with Crippen LogP contribution in [-0.4, -0.2) is 28.0 Å². The predicted molar refractivity (Wildman–Crippen MR) is 63.0 cm³/mol. The van der Waals surface area contributed by atoms with Crippen molar-refractivity contribution >= 4 is 11.9 Å². The monoisotopic (exact) mass is 236 g/mol. The predicted octanol–water partition coefficient (Wildman–Crippen LogP) is 1.70. The number of amides is 1. The topological polar surface area (TPSA) is 79.3 Å². The Hall–Kier alpha value is -1.91. The van der Waals surface area contributed by atoms with E-state index in [0.29, 0.717) is 0 Å². The van der Waals surface area contributed by atoms with E-state index in [4.69, 9.17) is 5.11 Å². The first-order valence-corrected chi connectivity index (χ1v) is 5.55. The van der Waals surface area contributed by atoms with Crippen LogP contribution in [0, 0.1) is 0 Å². The lowest BCUT2D eigenvalue weighted by Gasteiger charge is -2.13. The molecule has 0 aliphatic heterocycles. The maximum atomic E-state index is 11.8. The minimum absolute atomic E-state index is 0.0103. The number of aromatic carboxylic acids is 1. The summed E-state index contributed by atoms with van der Waals surface area (Å²) in [6.07, 6.45) is 3.21. The fourth-order valence-corrected chi connectivity index (χ4v) is 1.56. The summed E-state index contributed by atoms with van der Waals surface area (Å²) in [7, 11) is 0. The van der Waals surface area contributed by atoms with Crippen molar-refractivity contribution in [1.82, 2.24) is 10.3 Å². The van der Waals surface area contributed by atoms with Crippen molar-refractivity contribution in [3.63, 3.8) is 0 Å². The number of carbonyl (C=O) groups excluding carboxylic acids is 1. The van der Waals surface area contributed by atoms with Crippen LogP contribution in [0.3, 0.4) is 0 Å². The minimum Gasteiger partial charge on any atom is -0.478 e. The van der Waals surface area contributed by atoms with Gasteiger partial charge in [-0.1, -0.05) is 13.3 Å². The summed E-state index contributed by atoms with van der Waals surface area (Å²) in [5, 5.41) is 11.7. The lowest BCUT2D eigenvalue weighted by atomic mass is 10.1. The SMILES string of the molecule is CCCC(C)NC(=O)c1ncccc1C(=O)O. The van der Waals surface area contributed by atoms with Gasteiger partial charge in [0.1, 0.15) is 5.69 Å². The van der Waals surface area contributed by atoms with Crippen molar-refractivity contribution in [3.8, 4) is 0 Å². The molecule has 17 heavy (non-hydrogen) atoms. The lowest BCUT2D eigenvalue weighted by molar-refractivity contribution is 0.0689. The summed E-state index contributed by atoms with van der Waals surface area (Å²) in [4.78, 5) is 26.6. The molecule has 1 rings (SSSR count). The summed E-state index contributed by atoms with van der Waals surface area (Å²) in [6.45, 7) is 3.90. The molecule has 1 aromatic heterocycles. The largest absolute Gasteiger partial charge is 0.478 e. The molecule has 0 saturated heterocycles. The van der Waals surface area contributed by atoms with E-state index in [1.165, 1.54) is 18.3 Å². The summed E-state index contributed by atoms with van der Waals surface area (Å²) >= 11 is 0. The number of nitrogens with one attached hydrogen (secondary N) is 1. The number of carbonyl (C=O) groups is 2. The zero-order chi connectivity index (χ0) is 12.8. The summed E-state index contributed by atoms with van der Waals surface area (Å²) < 4.78 is 0. The smallest absolute Gasteiger partial charge is 0.338 e. The average Bonchev–Trinajstić information content (AvgIpc) is 2.29. The van der Waals surface area contributed by atoms with Gasteiger partial charge in [-0.25, -0.2) is 4.79 Å². The van der Waals surface area contributed by atoms with Gasteiger partial charge in [0.25, 0.3) is 5.91 Å². The Balaban J connectivity index is 2.85. The van der Waals surface area contributed by atoms with Crippen molar-refractivity contribution in [2.45, 2.75) is 32.7 Å². The fraction of sp³-hybridized carbons (Fsp3) is 0.417. The molecule has 2 N–H and O–H groups in total. The van der Waals surface area contributed by atoms with Crippen molar-refractivity contribution < 1.29 is 14.7 Å². The third kappa shape index (κ3) is 3.55. The molecule has 0 radical (unpaired) electrons. The van der Waals surface area contributed by atoms with E-state index in [1.807, 2.05) is 13.8 Å². The zero-order valence-corrected chi connectivity index (χ0v) is 9.93. The number of carboxylic acid groups (broad SMARTS) is 1. The van der Waals surface area contributed by atoms with Gasteiger partial charge in [-0.15, -0.1) is 0 Å². The third-order valence-electron chi connectivity index (χ3n) is 2.35. The van der Waals surface area contributed by atoms with Gasteiger partial charge in [-0.2, -0.15) is 0 Å². The van der Waals surface area contributed by atoms with Crippen molar-refractivity contribution in [3.05, 3.63) is 29.6 Å². The van der Waals surface area contributed by atoms with E-state index in [-0.39, 0.29) is 17.3 Å². The summed E-state index contributed by atoms with van der Waals surface area (Å²) in [5.41, 5.74) is -0.114. The highest BCUT2D eigenvalue weighted by Crippen LogP contribution is 2.06. The Bertz CT molecular complexity index is 418. The quantitative estimate of drug-likeness (QED) is 0.815. The van der Waals surface area contributed by atoms with E-state index in [2.05, 4.69) is 10.3 Å². The number of hydrogen-bond donors (Lipinski definition) is 2. The first-order chi connectivity index (χ1) is 8.06. The Morgan fingerprint density at radius 3 is 2.82 bits per heavy atom. The summed E-state index contributed by atoms with van der Waals surface area (Å²) in [5.74, 6) is -1.59. The van der Waals surface area contributed by atoms with E-state index < -0.39 is 11.9 Å². The van der Waals surface area contributed by atoms with Crippen LogP contribution in [0.2, 0.25) is 0 Å². The van der Waals surface area contributed by atoms with Crippen molar-refractivity contribution in [2.24, 2.45) is 0 Å². The Morgan fingerprint density at radius 1 is 1.53 bits per heavy atom. The van der Waals surface area contributed by atoms with E-state index in [0.717, 1.165) is 12.8 Å². The molecular weight excluding hydrogens is 220 g/mol. The van der Waals surface area contributed by atoms with Crippen LogP contribution in [-0.2, 0) is 0 Å². The molecule has 0 fully saturated rings. The van der Waals surface area contributed by atoms with Gasteiger partial charge < -0.3 is 10.4 Å². The van der Waals surface area contributed by atoms with Crippen molar-refractivity contribution in [1.29, 1.82) is 0 Å². The molecule has 0 bridgehead atoms. The maximum Gasteiger partial charge on any atom is 0.338 e. The first-order valence-electron chi connectivity index (χ1n) is 5.55. The summed E-state index contributed by atoms with van der Waals surface area (Å²) in [6, 6.07) is 2.88.